The van der Waals surface area contributed by atoms with Crippen molar-refractivity contribution in [3.63, 3.8) is 0 Å². The Kier molecular flexibility index (Phi) is 2.16. The fourth-order valence-corrected chi connectivity index (χ4v) is 5.41. The minimum atomic E-state index is -2.56. The van der Waals surface area contributed by atoms with Crippen LogP contribution in [0.25, 0.3) is 55.0 Å². The van der Waals surface area contributed by atoms with E-state index in [2.05, 4.69) is 0 Å². The third-order valence-electron chi connectivity index (χ3n) is 7.15. The van der Waals surface area contributed by atoms with Crippen molar-refractivity contribution < 1.29 is 37.6 Å². The number of benzene rings is 6. The van der Waals surface area contributed by atoms with Gasteiger partial charge >= 0.3 is 0 Å². The molecule has 0 spiro atoms. The summed E-state index contributed by atoms with van der Waals surface area (Å²) in [6.45, 7) is 13.4. The van der Waals surface area contributed by atoms with Crippen LogP contribution in [0.5, 0.6) is 0 Å². The number of anilines is 3. The summed E-state index contributed by atoms with van der Waals surface area (Å²) in [5.41, 5.74) is -9.58. The molecule has 0 aliphatic heterocycles. The number of furan rings is 2. The van der Waals surface area contributed by atoms with Gasteiger partial charge in [-0.1, -0.05) is 84.6 Å². The van der Waals surface area contributed by atoms with Gasteiger partial charge in [0.15, 0.2) is 0 Å². The molecule has 3 nitrogen and oxygen atoms in total. The SMILES string of the molecule is [2H]c1c([2H])c([2H])c2c(c1[2H])-c1c(N(c3c([2H])c([2H])c([2H])c4oc5c([2H])c([2H])c([2H])c([2H])c5c34)c3c([2H])c([2H])c([2H])c4oc5c([2H])c([2H])c([2H])c([2H])c5c34)c([2H])c([2H])c([2H])c1C2([CH])[CH]. The monoisotopic (exact) mass is 558 g/mol. The van der Waals surface area contributed by atoms with E-state index in [4.69, 9.17) is 47.4 Å². The average Bonchev–Trinajstić information content (AvgIpc) is 3.91. The van der Waals surface area contributed by atoms with Crippen molar-refractivity contribution in [2.45, 2.75) is 5.41 Å². The highest BCUT2D eigenvalue weighted by molar-refractivity contribution is 6.18. The van der Waals surface area contributed by atoms with E-state index >= 15 is 0 Å². The molecule has 42 heavy (non-hydrogen) atoms. The summed E-state index contributed by atoms with van der Waals surface area (Å²) < 4.78 is 199. The Balaban J connectivity index is 1.67. The fraction of sp³-hybridized carbons (Fsp3) is 0.0256. The Morgan fingerprint density at radius 3 is 1.62 bits per heavy atom. The summed E-state index contributed by atoms with van der Waals surface area (Å²) in [5.74, 6) is 0. The summed E-state index contributed by atoms with van der Waals surface area (Å²) in [6.07, 6.45) is 0. The molecule has 6 aromatic carbocycles. The first kappa shape index (κ1) is 10.8. The average molecular weight is 559 g/mol. The molecule has 0 unspecified atom stereocenters. The first-order chi connectivity index (χ1) is 29.3. The molecule has 2 aromatic heterocycles. The van der Waals surface area contributed by atoms with E-state index < -0.39 is 215 Å². The predicted molar refractivity (Wildman–Crippen MR) is 170 cm³/mol. The lowest BCUT2D eigenvalue weighted by atomic mass is 9.82. The normalized spacial score (nSPS) is 20.7. The molecule has 1 aliphatic carbocycles. The van der Waals surface area contributed by atoms with Crippen LogP contribution >= 0.6 is 0 Å². The number of nitrogens with zero attached hydrogens (tertiary/aromatic N) is 1. The van der Waals surface area contributed by atoms with E-state index in [0.29, 0.717) is 0 Å². The smallest absolute Gasteiger partial charge is 0.137 e. The van der Waals surface area contributed by atoms with Crippen LogP contribution < -0.4 is 4.90 Å². The van der Waals surface area contributed by atoms with Crippen molar-refractivity contribution in [3.05, 3.63) is 152 Å². The van der Waals surface area contributed by atoms with Crippen molar-refractivity contribution in [2.24, 2.45) is 0 Å². The van der Waals surface area contributed by atoms with E-state index in [-0.39, 0.29) is 0 Å². The van der Waals surface area contributed by atoms with Gasteiger partial charge in [-0.2, -0.15) is 0 Å². The van der Waals surface area contributed by atoms with Crippen molar-refractivity contribution in [3.8, 4) is 11.1 Å². The molecule has 0 saturated carbocycles. The maximum Gasteiger partial charge on any atom is 0.137 e. The molecule has 0 fully saturated rings. The van der Waals surface area contributed by atoms with Gasteiger partial charge in [-0.05, 0) is 72.8 Å². The van der Waals surface area contributed by atoms with Gasteiger partial charge in [0.2, 0.25) is 0 Å². The molecule has 0 saturated heterocycles. The minimum Gasteiger partial charge on any atom is -0.456 e. The van der Waals surface area contributed by atoms with Gasteiger partial charge in [0, 0.05) is 21.8 Å². The van der Waals surface area contributed by atoms with Crippen LogP contribution in [-0.4, -0.2) is 0 Å². The zero-order valence-electron chi connectivity index (χ0n) is 41.9. The molecule has 0 atom stereocenters. The van der Waals surface area contributed by atoms with Crippen molar-refractivity contribution >= 4 is 60.9 Å². The molecule has 0 N–H and O–H groups in total. The number of fused-ring (bicyclic) bond motifs is 9. The molecule has 8 aromatic rings. The predicted octanol–water partition coefficient (Wildman–Crippen LogP) is 10.6. The molecule has 0 bridgehead atoms. The largest absolute Gasteiger partial charge is 0.456 e. The topological polar surface area (TPSA) is 29.5 Å². The van der Waals surface area contributed by atoms with E-state index in [1.165, 1.54) is 0 Å². The number of para-hydroxylation sites is 2. The third kappa shape index (κ3) is 3.05. The highest BCUT2D eigenvalue weighted by Gasteiger charge is 2.38. The van der Waals surface area contributed by atoms with Crippen molar-refractivity contribution in [1.29, 1.82) is 0 Å². The number of hydrogen-bond acceptors (Lipinski definition) is 3. The van der Waals surface area contributed by atoms with Gasteiger partial charge in [0.05, 0.1) is 56.6 Å². The van der Waals surface area contributed by atoms with Gasteiger partial charge in [-0.25, -0.2) is 0 Å². The van der Waals surface area contributed by atoms with Crippen LogP contribution in [0.15, 0.2) is 136 Å². The highest BCUT2D eigenvalue weighted by Crippen LogP contribution is 2.55. The Hall–Kier alpha value is -5.28. The second kappa shape index (κ2) is 8.37. The molecule has 9 rings (SSSR count). The second-order valence-corrected chi connectivity index (χ2v) is 9.40. The Labute approximate surface area is 272 Å². The summed E-state index contributed by atoms with van der Waals surface area (Å²) in [5, 5.41) is -2.13. The fourth-order valence-electron chi connectivity index (χ4n) is 5.41. The maximum atomic E-state index is 9.60. The summed E-state index contributed by atoms with van der Waals surface area (Å²) in [6, 6.07) is -18.0. The van der Waals surface area contributed by atoms with Crippen LogP contribution in [0.3, 0.4) is 0 Å². The summed E-state index contributed by atoms with van der Waals surface area (Å²) >= 11 is 0. The third-order valence-corrected chi connectivity index (χ3v) is 7.15. The van der Waals surface area contributed by atoms with Crippen LogP contribution in [0.1, 0.15) is 39.9 Å². The van der Waals surface area contributed by atoms with Gasteiger partial charge < -0.3 is 13.7 Å². The standard InChI is InChI=1S/C39H23NO2/c1-39(2)27-15-6-3-12-24(27)36-28(39)16-9-17-29(36)40(30-18-10-22-34-37(30)25-13-4-7-20-32(25)41-34)31-19-11-23-35-38(31)26-14-5-8-21-33(26)42-35/h1-23H/i3D,4D,5D,6D,7D,8D,9D,10D,11D,12D,13D,14D,15D,16D,17D,18D,19D,20D,21D,22D,23D. The lowest BCUT2D eigenvalue weighted by Gasteiger charge is -2.29. The van der Waals surface area contributed by atoms with Crippen LogP contribution in [0.2, 0.25) is 0 Å². The van der Waals surface area contributed by atoms with Crippen molar-refractivity contribution in [1.82, 2.24) is 0 Å². The van der Waals surface area contributed by atoms with Gasteiger partial charge in [0.25, 0.3) is 0 Å². The van der Waals surface area contributed by atoms with Gasteiger partial charge in [-0.15, -0.1) is 0 Å². The molecule has 4 radical (unpaired) electrons. The Bertz CT molecular complexity index is 3360. The molecule has 1 aliphatic rings. The zero-order chi connectivity index (χ0) is 46.3. The minimum absolute atomic E-state index is 0.511. The molecular weight excluding hydrogens is 514 g/mol. The highest BCUT2D eigenvalue weighted by atomic mass is 16.3. The quantitative estimate of drug-likeness (QED) is 0.216. The second-order valence-electron chi connectivity index (χ2n) is 9.40. The van der Waals surface area contributed by atoms with E-state index in [0.717, 1.165) is 4.90 Å². The zero-order valence-corrected chi connectivity index (χ0v) is 20.9. The Morgan fingerprint density at radius 2 is 0.976 bits per heavy atom. The number of rotatable bonds is 3. The van der Waals surface area contributed by atoms with E-state index in [1.807, 2.05) is 0 Å². The lowest BCUT2D eigenvalue weighted by Crippen LogP contribution is -2.17. The molecular formula is C39H23NO2. The first-order valence-electron chi connectivity index (χ1n) is 22.8. The van der Waals surface area contributed by atoms with Gasteiger partial charge in [-0.3, -0.25) is 0 Å². The van der Waals surface area contributed by atoms with E-state index in [1.54, 1.807) is 0 Å². The summed E-state index contributed by atoms with van der Waals surface area (Å²) in [7, 11) is 0. The van der Waals surface area contributed by atoms with Crippen LogP contribution in [0, 0.1) is 13.8 Å². The molecule has 0 amide bonds. The maximum absolute atomic E-state index is 9.60. The van der Waals surface area contributed by atoms with Crippen molar-refractivity contribution in [2.75, 3.05) is 4.90 Å². The first-order valence-corrected chi connectivity index (χ1v) is 12.3. The number of hydrogen-bond donors (Lipinski definition) is 0. The van der Waals surface area contributed by atoms with Crippen LogP contribution in [-0.2, 0) is 5.41 Å². The Morgan fingerprint density at radius 1 is 0.500 bits per heavy atom. The lowest BCUT2D eigenvalue weighted by molar-refractivity contribution is 0.668. The summed E-state index contributed by atoms with van der Waals surface area (Å²) in [4.78, 5) is 0.724. The van der Waals surface area contributed by atoms with E-state index in [9.17, 15) is 4.11 Å². The van der Waals surface area contributed by atoms with Crippen LogP contribution in [0.4, 0.5) is 17.1 Å². The molecule has 196 valence electrons. The molecule has 3 heteroatoms. The molecule has 2 heterocycles. The van der Waals surface area contributed by atoms with Gasteiger partial charge in [0.1, 0.15) is 22.3 Å².